The number of aromatic nitrogens is 1. The maximum Gasteiger partial charge on any atom is 0.161 e. The van der Waals surface area contributed by atoms with Crippen molar-refractivity contribution in [3.63, 3.8) is 0 Å². The van der Waals surface area contributed by atoms with Crippen LogP contribution in [0.25, 0.3) is 0 Å². The quantitative estimate of drug-likeness (QED) is 0.819. The van der Waals surface area contributed by atoms with E-state index in [2.05, 4.69) is 5.16 Å². The molecule has 6 heteroatoms. The van der Waals surface area contributed by atoms with Crippen LogP contribution in [0.4, 0.5) is 0 Å². The highest BCUT2D eigenvalue weighted by molar-refractivity contribution is 7.89. The average molecular weight is 295 g/mol. The fourth-order valence-electron chi connectivity index (χ4n) is 1.91. The average Bonchev–Trinajstić information content (AvgIpc) is 2.76. The third-order valence-corrected chi connectivity index (χ3v) is 4.16. The SMILES string of the molecule is CCOc1ccccc1CS(=O)(=O)Cc1cc(C)no1. The van der Waals surface area contributed by atoms with Gasteiger partial charge in [0.25, 0.3) is 0 Å². The highest BCUT2D eigenvalue weighted by atomic mass is 32.2. The molecule has 0 bridgehead atoms. The van der Waals surface area contributed by atoms with Gasteiger partial charge in [-0.1, -0.05) is 23.4 Å². The highest BCUT2D eigenvalue weighted by Crippen LogP contribution is 2.22. The second kappa shape index (κ2) is 6.09. The van der Waals surface area contributed by atoms with E-state index in [9.17, 15) is 8.42 Å². The minimum atomic E-state index is -3.33. The summed E-state index contributed by atoms with van der Waals surface area (Å²) in [6.45, 7) is 4.12. The molecule has 0 aliphatic carbocycles. The Kier molecular flexibility index (Phi) is 4.44. The zero-order chi connectivity index (χ0) is 14.6. The third-order valence-electron chi connectivity index (χ3n) is 2.69. The van der Waals surface area contributed by atoms with Gasteiger partial charge in [-0.3, -0.25) is 0 Å². The van der Waals surface area contributed by atoms with Crippen LogP contribution in [0.3, 0.4) is 0 Å². The van der Waals surface area contributed by atoms with Crippen molar-refractivity contribution in [2.24, 2.45) is 0 Å². The maximum atomic E-state index is 12.2. The molecule has 5 nitrogen and oxygen atoms in total. The van der Waals surface area contributed by atoms with Crippen LogP contribution >= 0.6 is 0 Å². The molecule has 1 aromatic heterocycles. The third kappa shape index (κ3) is 3.84. The molecule has 0 spiro atoms. The van der Waals surface area contributed by atoms with E-state index >= 15 is 0 Å². The molecule has 1 heterocycles. The monoisotopic (exact) mass is 295 g/mol. The Morgan fingerprint density at radius 2 is 2.00 bits per heavy atom. The molecule has 0 amide bonds. The van der Waals surface area contributed by atoms with Crippen molar-refractivity contribution in [2.75, 3.05) is 6.61 Å². The summed E-state index contributed by atoms with van der Waals surface area (Å²) < 4.78 is 34.8. The molecule has 0 radical (unpaired) electrons. The van der Waals surface area contributed by atoms with Crippen molar-refractivity contribution >= 4 is 9.84 Å². The number of benzene rings is 1. The smallest absolute Gasteiger partial charge is 0.161 e. The molecule has 1 aromatic carbocycles. The van der Waals surface area contributed by atoms with Crippen LogP contribution in [0.2, 0.25) is 0 Å². The molecule has 0 atom stereocenters. The second-order valence-electron chi connectivity index (χ2n) is 4.51. The summed E-state index contributed by atoms with van der Waals surface area (Å²) in [4.78, 5) is 0. The van der Waals surface area contributed by atoms with Gasteiger partial charge in [-0.2, -0.15) is 0 Å². The van der Waals surface area contributed by atoms with Gasteiger partial charge >= 0.3 is 0 Å². The zero-order valence-corrected chi connectivity index (χ0v) is 12.3. The van der Waals surface area contributed by atoms with Crippen LogP contribution in [0.15, 0.2) is 34.9 Å². The normalized spacial score (nSPS) is 11.5. The number of nitrogens with zero attached hydrogens (tertiary/aromatic N) is 1. The molecule has 2 aromatic rings. The summed E-state index contributed by atoms with van der Waals surface area (Å²) in [5.74, 6) is 0.723. The van der Waals surface area contributed by atoms with Gasteiger partial charge in [-0.25, -0.2) is 8.42 Å². The first kappa shape index (κ1) is 14.6. The summed E-state index contributed by atoms with van der Waals surface area (Å²) in [7, 11) is -3.33. The van der Waals surface area contributed by atoms with Crippen LogP contribution in [-0.4, -0.2) is 20.2 Å². The van der Waals surface area contributed by atoms with Gasteiger partial charge < -0.3 is 9.26 Å². The zero-order valence-electron chi connectivity index (χ0n) is 11.5. The van der Waals surface area contributed by atoms with Crippen LogP contribution in [0.5, 0.6) is 5.75 Å². The standard InChI is InChI=1S/C14H17NO4S/c1-3-18-14-7-5-4-6-12(14)9-20(16,17)10-13-8-11(2)15-19-13/h4-8H,3,9-10H2,1-2H3. The number of hydrogen-bond donors (Lipinski definition) is 0. The largest absolute Gasteiger partial charge is 0.494 e. The van der Waals surface area contributed by atoms with Crippen molar-refractivity contribution in [1.29, 1.82) is 0 Å². The summed E-state index contributed by atoms with van der Waals surface area (Å²) >= 11 is 0. The van der Waals surface area contributed by atoms with Crippen molar-refractivity contribution in [3.8, 4) is 5.75 Å². The van der Waals surface area contributed by atoms with Gasteiger partial charge in [-0.15, -0.1) is 0 Å². The minimum Gasteiger partial charge on any atom is -0.494 e. The fourth-order valence-corrected chi connectivity index (χ4v) is 3.29. The molecule has 20 heavy (non-hydrogen) atoms. The number of rotatable bonds is 6. The van der Waals surface area contributed by atoms with Gasteiger partial charge in [-0.05, 0) is 19.9 Å². The van der Waals surface area contributed by atoms with Crippen LogP contribution in [-0.2, 0) is 21.3 Å². The van der Waals surface area contributed by atoms with Gasteiger partial charge in [0.1, 0.15) is 11.5 Å². The summed E-state index contributed by atoms with van der Waals surface area (Å²) in [5, 5.41) is 3.69. The van der Waals surface area contributed by atoms with Gasteiger partial charge in [0.15, 0.2) is 15.6 Å². The number of aryl methyl sites for hydroxylation is 1. The maximum absolute atomic E-state index is 12.2. The van der Waals surface area contributed by atoms with E-state index in [-0.39, 0.29) is 11.5 Å². The Morgan fingerprint density at radius 3 is 2.65 bits per heavy atom. The first-order valence-corrected chi connectivity index (χ1v) is 8.15. The lowest BCUT2D eigenvalue weighted by atomic mass is 10.2. The minimum absolute atomic E-state index is 0.0804. The Balaban J connectivity index is 2.16. The molecule has 0 unspecified atom stereocenters. The van der Waals surface area contributed by atoms with E-state index in [0.717, 1.165) is 0 Å². The summed E-state index contributed by atoms with van der Waals surface area (Å²) in [5.41, 5.74) is 1.33. The van der Waals surface area contributed by atoms with Crippen LogP contribution < -0.4 is 4.74 Å². The molecule has 108 valence electrons. The number of ether oxygens (including phenoxy) is 1. The summed E-state index contributed by atoms with van der Waals surface area (Å²) in [6, 6.07) is 8.78. The molecular formula is C14H17NO4S. The second-order valence-corrected chi connectivity index (χ2v) is 6.57. The molecule has 0 fully saturated rings. The predicted molar refractivity (Wildman–Crippen MR) is 75.2 cm³/mol. The molecule has 0 N–H and O–H groups in total. The van der Waals surface area contributed by atoms with E-state index in [1.165, 1.54) is 0 Å². The lowest BCUT2D eigenvalue weighted by Gasteiger charge is -2.09. The molecular weight excluding hydrogens is 278 g/mol. The van der Waals surface area contributed by atoms with Crippen molar-refractivity contribution in [1.82, 2.24) is 5.16 Å². The van der Waals surface area contributed by atoms with E-state index in [1.807, 2.05) is 13.0 Å². The Bertz CT molecular complexity index is 676. The van der Waals surface area contributed by atoms with E-state index in [0.29, 0.717) is 29.4 Å². The van der Waals surface area contributed by atoms with Gasteiger partial charge in [0, 0.05) is 11.6 Å². The van der Waals surface area contributed by atoms with Crippen molar-refractivity contribution < 1.29 is 17.7 Å². The summed E-state index contributed by atoms with van der Waals surface area (Å²) in [6.07, 6.45) is 0. The van der Waals surface area contributed by atoms with Crippen LogP contribution in [0, 0.1) is 6.92 Å². The van der Waals surface area contributed by atoms with Crippen molar-refractivity contribution in [2.45, 2.75) is 25.4 Å². The highest BCUT2D eigenvalue weighted by Gasteiger charge is 2.18. The van der Waals surface area contributed by atoms with E-state index in [1.54, 1.807) is 31.2 Å². The molecule has 0 aliphatic heterocycles. The Hall–Kier alpha value is -1.82. The van der Waals surface area contributed by atoms with E-state index in [4.69, 9.17) is 9.26 Å². The number of sulfone groups is 1. The molecule has 0 saturated carbocycles. The Labute approximate surface area is 118 Å². The van der Waals surface area contributed by atoms with Gasteiger partial charge in [0.2, 0.25) is 0 Å². The van der Waals surface area contributed by atoms with Crippen LogP contribution in [0.1, 0.15) is 23.9 Å². The topological polar surface area (TPSA) is 69.4 Å². The van der Waals surface area contributed by atoms with E-state index < -0.39 is 9.84 Å². The Morgan fingerprint density at radius 1 is 1.25 bits per heavy atom. The number of para-hydroxylation sites is 1. The lowest BCUT2D eigenvalue weighted by molar-refractivity contribution is 0.337. The molecule has 0 aliphatic rings. The molecule has 2 rings (SSSR count). The first-order valence-electron chi connectivity index (χ1n) is 6.33. The molecule has 0 saturated heterocycles. The lowest BCUT2D eigenvalue weighted by Crippen LogP contribution is -2.08. The number of hydrogen-bond acceptors (Lipinski definition) is 5. The van der Waals surface area contributed by atoms with Crippen molar-refractivity contribution in [3.05, 3.63) is 47.3 Å². The predicted octanol–water partition coefficient (Wildman–Crippen LogP) is 2.50. The first-order chi connectivity index (χ1) is 9.50. The van der Waals surface area contributed by atoms with Gasteiger partial charge in [0.05, 0.1) is 18.1 Å². The fraction of sp³-hybridized carbons (Fsp3) is 0.357.